The molecule has 154 valence electrons. The third kappa shape index (κ3) is 4.86. The molecule has 0 saturated carbocycles. The maximum atomic E-state index is 14.0. The van der Waals surface area contributed by atoms with Crippen LogP contribution in [0, 0.1) is 19.7 Å². The molecule has 3 rings (SSSR count). The standard InChI is InChI=1S/C20H26FN7O/c1-11-16(21)7-6-14-10-15(18(27-17(11)14)23-8-5-9-29-4)12(2)24-20-26-13(3)25-19(22)28-20/h6-7,10,12H,5,8-9H2,1-4H3,(H,23,27)(H3,22,24,25,26,28). The predicted molar refractivity (Wildman–Crippen MR) is 112 cm³/mol. The molecule has 0 radical (unpaired) electrons. The summed E-state index contributed by atoms with van der Waals surface area (Å²) >= 11 is 0. The number of nitrogens with zero attached hydrogens (tertiary/aromatic N) is 4. The highest BCUT2D eigenvalue weighted by molar-refractivity contribution is 5.85. The lowest BCUT2D eigenvalue weighted by molar-refractivity contribution is 0.197. The summed E-state index contributed by atoms with van der Waals surface area (Å²) in [6.45, 7) is 6.79. The Morgan fingerprint density at radius 3 is 2.69 bits per heavy atom. The number of nitrogens with one attached hydrogen (secondary N) is 2. The molecular formula is C20H26FN7O. The number of nitrogens with two attached hydrogens (primary N) is 1. The molecule has 9 heteroatoms. The van der Waals surface area contributed by atoms with E-state index in [1.54, 1.807) is 27.0 Å². The van der Waals surface area contributed by atoms with E-state index in [1.165, 1.54) is 6.07 Å². The second kappa shape index (κ2) is 8.95. The van der Waals surface area contributed by atoms with Crippen molar-refractivity contribution in [1.82, 2.24) is 19.9 Å². The van der Waals surface area contributed by atoms with Gasteiger partial charge in [-0.1, -0.05) is 0 Å². The Morgan fingerprint density at radius 1 is 1.17 bits per heavy atom. The number of aryl methyl sites for hydroxylation is 2. The van der Waals surface area contributed by atoms with Gasteiger partial charge in [0.25, 0.3) is 0 Å². The quantitative estimate of drug-likeness (QED) is 0.495. The third-order valence-corrected chi connectivity index (χ3v) is 4.60. The summed E-state index contributed by atoms with van der Waals surface area (Å²) in [4.78, 5) is 17.1. The van der Waals surface area contributed by atoms with E-state index in [0.29, 0.717) is 41.8 Å². The van der Waals surface area contributed by atoms with Crippen LogP contribution in [0.4, 0.5) is 22.1 Å². The van der Waals surface area contributed by atoms with Gasteiger partial charge in [-0.05, 0) is 45.4 Å². The third-order valence-electron chi connectivity index (χ3n) is 4.60. The topological polar surface area (TPSA) is 111 Å². The molecule has 0 saturated heterocycles. The molecule has 1 unspecified atom stereocenters. The Hall–Kier alpha value is -3.07. The van der Waals surface area contributed by atoms with Crippen LogP contribution in [0.25, 0.3) is 10.9 Å². The molecule has 2 aromatic heterocycles. The summed E-state index contributed by atoms with van der Waals surface area (Å²) in [7, 11) is 1.67. The summed E-state index contributed by atoms with van der Waals surface area (Å²) in [6.07, 6.45) is 0.822. The second-order valence-electron chi connectivity index (χ2n) is 6.87. The number of rotatable bonds is 8. The highest BCUT2D eigenvalue weighted by atomic mass is 19.1. The maximum absolute atomic E-state index is 14.0. The summed E-state index contributed by atoms with van der Waals surface area (Å²) in [5, 5.41) is 7.46. The molecule has 1 atom stereocenters. The van der Waals surface area contributed by atoms with Gasteiger partial charge in [0, 0.05) is 36.8 Å². The normalized spacial score (nSPS) is 12.2. The van der Waals surface area contributed by atoms with Crippen LogP contribution in [0.5, 0.6) is 0 Å². The van der Waals surface area contributed by atoms with Crippen molar-refractivity contribution in [3.05, 3.63) is 41.0 Å². The number of anilines is 3. The summed E-state index contributed by atoms with van der Waals surface area (Å²) in [5.41, 5.74) is 7.80. The molecule has 0 aliphatic heterocycles. The molecule has 8 nitrogen and oxygen atoms in total. The first-order valence-electron chi connectivity index (χ1n) is 9.46. The minimum atomic E-state index is -0.273. The van der Waals surface area contributed by atoms with E-state index in [9.17, 15) is 4.39 Å². The van der Waals surface area contributed by atoms with E-state index in [0.717, 1.165) is 17.4 Å². The molecule has 29 heavy (non-hydrogen) atoms. The van der Waals surface area contributed by atoms with E-state index < -0.39 is 0 Å². The number of pyridine rings is 1. The van der Waals surface area contributed by atoms with Crippen molar-refractivity contribution >= 4 is 28.6 Å². The van der Waals surface area contributed by atoms with Gasteiger partial charge in [0.05, 0.1) is 11.6 Å². The number of aromatic nitrogens is 4. The molecule has 0 spiro atoms. The van der Waals surface area contributed by atoms with Gasteiger partial charge >= 0.3 is 0 Å². The lowest BCUT2D eigenvalue weighted by atomic mass is 10.0. The van der Waals surface area contributed by atoms with Crippen LogP contribution in [-0.4, -0.2) is 40.2 Å². The van der Waals surface area contributed by atoms with Gasteiger partial charge in [-0.15, -0.1) is 0 Å². The Balaban J connectivity index is 1.97. The SMILES string of the molecule is COCCCNc1nc2c(C)c(F)ccc2cc1C(C)Nc1nc(C)nc(N)n1. The van der Waals surface area contributed by atoms with E-state index in [-0.39, 0.29) is 17.8 Å². The smallest absolute Gasteiger partial charge is 0.228 e. The Morgan fingerprint density at radius 2 is 1.97 bits per heavy atom. The fourth-order valence-corrected chi connectivity index (χ4v) is 3.11. The number of hydrogen-bond acceptors (Lipinski definition) is 8. The van der Waals surface area contributed by atoms with Gasteiger partial charge in [-0.2, -0.15) is 15.0 Å². The van der Waals surface area contributed by atoms with E-state index in [1.807, 2.05) is 13.0 Å². The molecular weight excluding hydrogens is 373 g/mol. The number of methoxy groups -OCH3 is 1. The first-order chi connectivity index (χ1) is 13.9. The highest BCUT2D eigenvalue weighted by Crippen LogP contribution is 2.30. The minimum absolute atomic E-state index is 0.160. The summed E-state index contributed by atoms with van der Waals surface area (Å²) in [6, 6.07) is 5.02. The molecule has 3 aromatic rings. The number of fused-ring (bicyclic) bond motifs is 1. The van der Waals surface area contributed by atoms with Crippen molar-refractivity contribution in [3.8, 4) is 0 Å². The van der Waals surface area contributed by atoms with E-state index >= 15 is 0 Å². The van der Waals surface area contributed by atoms with Crippen LogP contribution < -0.4 is 16.4 Å². The van der Waals surface area contributed by atoms with Gasteiger partial charge < -0.3 is 21.1 Å². The highest BCUT2D eigenvalue weighted by Gasteiger charge is 2.17. The van der Waals surface area contributed by atoms with Crippen molar-refractivity contribution in [3.63, 3.8) is 0 Å². The molecule has 1 aromatic carbocycles. The average molecular weight is 399 g/mol. The van der Waals surface area contributed by atoms with Crippen molar-refractivity contribution in [2.24, 2.45) is 0 Å². The number of halogens is 1. The molecule has 4 N–H and O–H groups in total. The van der Waals surface area contributed by atoms with Crippen LogP contribution in [-0.2, 0) is 4.74 Å². The van der Waals surface area contributed by atoms with E-state index in [4.69, 9.17) is 15.5 Å². The van der Waals surface area contributed by atoms with Gasteiger partial charge in [0.15, 0.2) is 0 Å². The van der Waals surface area contributed by atoms with Crippen molar-refractivity contribution < 1.29 is 9.13 Å². The fraction of sp³-hybridized carbons (Fsp3) is 0.400. The van der Waals surface area contributed by atoms with Crippen molar-refractivity contribution in [2.45, 2.75) is 33.2 Å². The molecule has 0 bridgehead atoms. The van der Waals surface area contributed by atoms with Gasteiger partial charge in [0.1, 0.15) is 17.5 Å². The monoisotopic (exact) mass is 399 g/mol. The molecule has 0 aliphatic carbocycles. The average Bonchev–Trinajstić information content (AvgIpc) is 2.67. The van der Waals surface area contributed by atoms with Crippen LogP contribution in [0.1, 0.15) is 36.3 Å². The molecule has 0 amide bonds. The largest absolute Gasteiger partial charge is 0.385 e. The molecule has 0 aliphatic rings. The van der Waals surface area contributed by atoms with Gasteiger partial charge in [-0.25, -0.2) is 9.37 Å². The lowest BCUT2D eigenvalue weighted by Gasteiger charge is -2.20. The minimum Gasteiger partial charge on any atom is -0.385 e. The van der Waals surface area contributed by atoms with Crippen LogP contribution in [0.3, 0.4) is 0 Å². The van der Waals surface area contributed by atoms with Gasteiger partial charge in [0.2, 0.25) is 11.9 Å². The summed E-state index contributed by atoms with van der Waals surface area (Å²) in [5.74, 6) is 1.50. The van der Waals surface area contributed by atoms with Crippen LogP contribution in [0.15, 0.2) is 18.2 Å². The first kappa shape index (κ1) is 20.7. The zero-order valence-corrected chi connectivity index (χ0v) is 17.1. The molecule has 2 heterocycles. The predicted octanol–water partition coefficient (Wildman–Crippen LogP) is 3.38. The number of nitrogen functional groups attached to an aromatic ring is 1. The first-order valence-corrected chi connectivity index (χ1v) is 9.46. The number of ether oxygens (including phenoxy) is 1. The van der Waals surface area contributed by atoms with Crippen LogP contribution >= 0.6 is 0 Å². The fourth-order valence-electron chi connectivity index (χ4n) is 3.11. The Labute approximate surface area is 169 Å². The maximum Gasteiger partial charge on any atom is 0.228 e. The number of hydrogen-bond donors (Lipinski definition) is 3. The van der Waals surface area contributed by atoms with Crippen molar-refractivity contribution in [2.75, 3.05) is 36.6 Å². The van der Waals surface area contributed by atoms with Gasteiger partial charge in [-0.3, -0.25) is 0 Å². The zero-order chi connectivity index (χ0) is 21.0. The van der Waals surface area contributed by atoms with E-state index in [2.05, 4.69) is 25.6 Å². The van der Waals surface area contributed by atoms with Crippen molar-refractivity contribution in [1.29, 1.82) is 0 Å². The zero-order valence-electron chi connectivity index (χ0n) is 17.1. The number of benzene rings is 1. The van der Waals surface area contributed by atoms with Crippen LogP contribution in [0.2, 0.25) is 0 Å². The summed E-state index contributed by atoms with van der Waals surface area (Å²) < 4.78 is 19.1. The Kier molecular flexibility index (Phi) is 6.38. The second-order valence-corrected chi connectivity index (χ2v) is 6.87. The molecule has 0 fully saturated rings. The Bertz CT molecular complexity index is 992. The lowest BCUT2D eigenvalue weighted by Crippen LogP contribution is -2.16.